The molecule has 0 N–H and O–H groups in total. The summed E-state index contributed by atoms with van der Waals surface area (Å²) in [4.78, 5) is 0. The monoisotopic (exact) mass is 260 g/mol. The van der Waals surface area contributed by atoms with E-state index in [1.54, 1.807) is 30.3 Å². The van der Waals surface area contributed by atoms with Gasteiger partial charge in [-0.3, -0.25) is 0 Å². The maximum atomic E-state index is 13.6. The zero-order valence-electron chi connectivity index (χ0n) is 10.0. The molecule has 0 unspecified atom stereocenters. The quantitative estimate of drug-likeness (QED) is 0.714. The van der Waals surface area contributed by atoms with Crippen LogP contribution in [0.15, 0.2) is 54.6 Å². The SMILES string of the molecule is Fc1ccc(C#CC(F)(F)Cc2ccccc2)cc1. The summed E-state index contributed by atoms with van der Waals surface area (Å²) < 4.78 is 39.9. The Kier molecular flexibility index (Phi) is 3.91. The molecular weight excluding hydrogens is 249 g/mol. The van der Waals surface area contributed by atoms with Crippen molar-refractivity contribution < 1.29 is 13.2 Å². The number of halogens is 3. The van der Waals surface area contributed by atoms with E-state index in [0.29, 0.717) is 11.1 Å². The lowest BCUT2D eigenvalue weighted by Gasteiger charge is -2.08. The number of hydrogen-bond acceptors (Lipinski definition) is 0. The lowest BCUT2D eigenvalue weighted by molar-refractivity contribution is 0.0671. The zero-order chi connectivity index (χ0) is 13.7. The molecule has 3 heteroatoms. The first-order valence-corrected chi connectivity index (χ1v) is 5.76. The minimum Gasteiger partial charge on any atom is -0.207 e. The fourth-order valence-electron chi connectivity index (χ4n) is 1.59. The van der Waals surface area contributed by atoms with E-state index >= 15 is 0 Å². The molecule has 0 aliphatic rings. The predicted octanol–water partition coefficient (Wildman–Crippen LogP) is 4.06. The van der Waals surface area contributed by atoms with Crippen molar-refractivity contribution in [1.82, 2.24) is 0 Å². The zero-order valence-corrected chi connectivity index (χ0v) is 10.0. The molecule has 0 aliphatic heterocycles. The van der Waals surface area contributed by atoms with E-state index in [9.17, 15) is 13.2 Å². The minimum atomic E-state index is -3.10. The molecule has 2 aromatic rings. The molecule has 0 bridgehead atoms. The fraction of sp³-hybridized carbons (Fsp3) is 0.125. The van der Waals surface area contributed by atoms with Crippen molar-refractivity contribution in [2.45, 2.75) is 12.3 Å². The van der Waals surface area contributed by atoms with Crippen molar-refractivity contribution in [3.8, 4) is 11.8 Å². The lowest BCUT2D eigenvalue weighted by atomic mass is 10.1. The van der Waals surface area contributed by atoms with Gasteiger partial charge in [0.2, 0.25) is 0 Å². The fourth-order valence-corrected chi connectivity index (χ4v) is 1.59. The van der Waals surface area contributed by atoms with E-state index in [1.165, 1.54) is 24.3 Å². The number of rotatable bonds is 2. The summed E-state index contributed by atoms with van der Waals surface area (Å²) in [5, 5.41) is 0. The van der Waals surface area contributed by atoms with Crippen LogP contribution in [0.3, 0.4) is 0 Å². The molecule has 0 aromatic heterocycles. The summed E-state index contributed by atoms with van der Waals surface area (Å²) in [6.07, 6.45) is -0.429. The van der Waals surface area contributed by atoms with Crippen molar-refractivity contribution in [2.24, 2.45) is 0 Å². The molecule has 0 amide bonds. The largest absolute Gasteiger partial charge is 0.312 e. The Balaban J connectivity index is 2.11. The second-order valence-electron chi connectivity index (χ2n) is 4.12. The van der Waals surface area contributed by atoms with Gasteiger partial charge in [-0.15, -0.1) is 0 Å². The van der Waals surface area contributed by atoms with Gasteiger partial charge in [0.15, 0.2) is 0 Å². The second-order valence-corrected chi connectivity index (χ2v) is 4.12. The van der Waals surface area contributed by atoms with Crippen LogP contribution in [0.5, 0.6) is 0 Å². The van der Waals surface area contributed by atoms with Crippen LogP contribution < -0.4 is 0 Å². The van der Waals surface area contributed by atoms with Crippen LogP contribution in [-0.2, 0) is 6.42 Å². The maximum absolute atomic E-state index is 13.6. The molecule has 0 heterocycles. The van der Waals surface area contributed by atoms with Gasteiger partial charge in [-0.05, 0) is 35.7 Å². The van der Waals surface area contributed by atoms with Crippen LogP contribution in [0.1, 0.15) is 11.1 Å². The highest BCUT2D eigenvalue weighted by Gasteiger charge is 2.25. The summed E-state index contributed by atoms with van der Waals surface area (Å²) in [6, 6.07) is 13.6. The van der Waals surface area contributed by atoms with E-state index in [1.807, 2.05) is 5.92 Å². The van der Waals surface area contributed by atoms with Gasteiger partial charge in [-0.25, -0.2) is 4.39 Å². The van der Waals surface area contributed by atoms with Crippen LogP contribution in [0, 0.1) is 17.7 Å². The third kappa shape index (κ3) is 4.18. The van der Waals surface area contributed by atoms with Gasteiger partial charge in [0.05, 0.1) is 0 Å². The van der Waals surface area contributed by atoms with E-state index in [2.05, 4.69) is 5.92 Å². The highest BCUT2D eigenvalue weighted by Crippen LogP contribution is 2.19. The lowest BCUT2D eigenvalue weighted by Crippen LogP contribution is -2.16. The first kappa shape index (κ1) is 13.2. The van der Waals surface area contributed by atoms with Crippen molar-refractivity contribution in [2.75, 3.05) is 0 Å². The van der Waals surface area contributed by atoms with Crippen molar-refractivity contribution in [1.29, 1.82) is 0 Å². The number of hydrogen-bond donors (Lipinski definition) is 0. The third-order valence-corrected chi connectivity index (χ3v) is 2.50. The average Bonchev–Trinajstić information content (AvgIpc) is 2.39. The summed E-state index contributed by atoms with van der Waals surface area (Å²) in [7, 11) is 0. The molecule has 0 fully saturated rings. The molecule has 96 valence electrons. The first-order valence-electron chi connectivity index (χ1n) is 5.76. The van der Waals surface area contributed by atoms with Crippen LogP contribution in [0.4, 0.5) is 13.2 Å². The Bertz CT molecular complexity index is 589. The minimum absolute atomic E-state index is 0.370. The van der Waals surface area contributed by atoms with Gasteiger partial charge < -0.3 is 0 Å². The van der Waals surface area contributed by atoms with Crippen molar-refractivity contribution in [3.63, 3.8) is 0 Å². The molecule has 2 rings (SSSR count). The molecule has 0 saturated carbocycles. The van der Waals surface area contributed by atoms with Gasteiger partial charge in [0.1, 0.15) is 5.82 Å². The molecule has 0 radical (unpaired) electrons. The second kappa shape index (κ2) is 5.62. The maximum Gasteiger partial charge on any atom is 0.312 e. The Labute approximate surface area is 109 Å². The summed E-state index contributed by atoms with van der Waals surface area (Å²) in [6.45, 7) is 0. The van der Waals surface area contributed by atoms with Crippen molar-refractivity contribution >= 4 is 0 Å². The highest BCUT2D eigenvalue weighted by atomic mass is 19.3. The number of alkyl halides is 2. The van der Waals surface area contributed by atoms with Gasteiger partial charge in [0, 0.05) is 12.0 Å². The predicted molar refractivity (Wildman–Crippen MR) is 68.4 cm³/mol. The Hall–Kier alpha value is -2.21. The molecule has 0 atom stereocenters. The van der Waals surface area contributed by atoms with E-state index in [0.717, 1.165) is 0 Å². The van der Waals surface area contributed by atoms with Crippen LogP contribution in [0.25, 0.3) is 0 Å². The molecule has 0 saturated heterocycles. The van der Waals surface area contributed by atoms with E-state index in [-0.39, 0.29) is 0 Å². The van der Waals surface area contributed by atoms with Crippen LogP contribution in [-0.4, -0.2) is 5.92 Å². The molecule has 2 aromatic carbocycles. The van der Waals surface area contributed by atoms with Gasteiger partial charge in [0.25, 0.3) is 0 Å². The summed E-state index contributed by atoms with van der Waals surface area (Å²) in [5.41, 5.74) is 0.898. The molecule has 19 heavy (non-hydrogen) atoms. The van der Waals surface area contributed by atoms with Gasteiger partial charge >= 0.3 is 5.92 Å². The normalized spacial score (nSPS) is 10.7. The third-order valence-electron chi connectivity index (χ3n) is 2.50. The van der Waals surface area contributed by atoms with Crippen LogP contribution in [0.2, 0.25) is 0 Å². The summed E-state index contributed by atoms with van der Waals surface area (Å²) in [5.74, 6) is 0.787. The topological polar surface area (TPSA) is 0 Å². The standard InChI is InChI=1S/C16H11F3/c17-15-8-6-13(7-9-15)10-11-16(18,19)12-14-4-2-1-3-5-14/h1-9H,12H2. The Morgan fingerprint density at radius 2 is 1.53 bits per heavy atom. The number of benzene rings is 2. The first-order chi connectivity index (χ1) is 9.05. The molecule has 0 spiro atoms. The molecule has 0 aliphatic carbocycles. The Morgan fingerprint density at radius 1 is 0.895 bits per heavy atom. The van der Waals surface area contributed by atoms with Crippen molar-refractivity contribution in [3.05, 3.63) is 71.5 Å². The average molecular weight is 260 g/mol. The van der Waals surface area contributed by atoms with E-state index in [4.69, 9.17) is 0 Å². The smallest absolute Gasteiger partial charge is 0.207 e. The molecular formula is C16H11F3. The van der Waals surface area contributed by atoms with Crippen LogP contribution >= 0.6 is 0 Å². The summed E-state index contributed by atoms with van der Waals surface area (Å²) >= 11 is 0. The molecule has 0 nitrogen and oxygen atoms in total. The van der Waals surface area contributed by atoms with E-state index < -0.39 is 18.2 Å². The Morgan fingerprint density at radius 3 is 2.16 bits per heavy atom. The van der Waals surface area contributed by atoms with Gasteiger partial charge in [-0.1, -0.05) is 36.3 Å². The highest BCUT2D eigenvalue weighted by molar-refractivity contribution is 5.36. The van der Waals surface area contributed by atoms with Gasteiger partial charge in [-0.2, -0.15) is 8.78 Å².